The van der Waals surface area contributed by atoms with Crippen molar-refractivity contribution in [3.63, 3.8) is 0 Å². The fraction of sp³-hybridized carbons (Fsp3) is 0.310. The number of amides is 1. The van der Waals surface area contributed by atoms with Crippen molar-refractivity contribution in [1.82, 2.24) is 29.0 Å². The van der Waals surface area contributed by atoms with Gasteiger partial charge in [0.2, 0.25) is 11.8 Å². The summed E-state index contributed by atoms with van der Waals surface area (Å²) in [6.07, 6.45) is 4.14. The van der Waals surface area contributed by atoms with Crippen LogP contribution in [0.1, 0.15) is 18.9 Å². The predicted octanol–water partition coefficient (Wildman–Crippen LogP) is 3.91. The van der Waals surface area contributed by atoms with E-state index in [1.807, 2.05) is 24.3 Å². The predicted molar refractivity (Wildman–Crippen MR) is 148 cm³/mol. The Kier molecular flexibility index (Phi) is 7.23. The molecule has 1 amide bonds. The van der Waals surface area contributed by atoms with Gasteiger partial charge in [-0.05, 0) is 31.0 Å². The highest BCUT2D eigenvalue weighted by Gasteiger charge is 2.28. The second kappa shape index (κ2) is 11.1. The van der Waals surface area contributed by atoms with E-state index < -0.39 is 11.6 Å². The highest BCUT2D eigenvalue weighted by Crippen LogP contribution is 2.37. The lowest BCUT2D eigenvalue weighted by Gasteiger charge is -2.32. The summed E-state index contributed by atoms with van der Waals surface area (Å²) in [5.74, 6) is -1.98. The maximum absolute atomic E-state index is 14.9. The number of imidazole rings is 1. The van der Waals surface area contributed by atoms with Crippen LogP contribution in [0.4, 0.5) is 8.78 Å². The fourth-order valence-electron chi connectivity index (χ4n) is 5.52. The van der Waals surface area contributed by atoms with Crippen LogP contribution in [0.3, 0.4) is 0 Å². The first-order valence-electron chi connectivity index (χ1n) is 13.3. The number of fused-ring (bicyclic) bond motifs is 2. The van der Waals surface area contributed by atoms with Crippen LogP contribution >= 0.6 is 0 Å². The third kappa shape index (κ3) is 4.95. The first kappa shape index (κ1) is 26.6. The van der Waals surface area contributed by atoms with Gasteiger partial charge in [0.25, 0.3) is 0 Å². The lowest BCUT2D eigenvalue weighted by Crippen LogP contribution is -2.41. The van der Waals surface area contributed by atoms with E-state index in [-0.39, 0.29) is 42.2 Å². The molecule has 0 saturated carbocycles. The molecule has 0 atom stereocenters. The van der Waals surface area contributed by atoms with E-state index in [4.69, 9.17) is 9.47 Å². The van der Waals surface area contributed by atoms with Gasteiger partial charge in [0.05, 0.1) is 23.0 Å². The molecule has 4 heterocycles. The third-order valence-corrected chi connectivity index (χ3v) is 7.50. The summed E-state index contributed by atoms with van der Waals surface area (Å²) in [4.78, 5) is 39.3. The van der Waals surface area contributed by atoms with Crippen LogP contribution in [0, 0.1) is 11.6 Å². The smallest absolute Gasteiger partial charge is 0.326 e. The standard InChI is InChI=1S/C29H28F2N6O4/c1-40-13-14-41-28-25-20(19-5-4-6-21(30)26(19)31)15-36(27(25)32-17-33-28)16-24(38)35-11-9-18(10-12-35)37-23-8-3-2-7-22(23)34-29(37)39/h2-8,15,17-18H,9-14,16H2,1H3,(H,34,39). The largest absolute Gasteiger partial charge is 0.475 e. The number of likely N-dealkylation sites (tertiary alicyclic amines) is 1. The summed E-state index contributed by atoms with van der Waals surface area (Å²) < 4.78 is 43.3. The Balaban J connectivity index is 1.27. The topological polar surface area (TPSA) is 107 Å². The number of carbonyl (C=O) groups is 1. The van der Waals surface area contributed by atoms with Gasteiger partial charge in [-0.25, -0.2) is 23.5 Å². The quantitative estimate of drug-likeness (QED) is 0.288. The van der Waals surface area contributed by atoms with Gasteiger partial charge in [-0.3, -0.25) is 9.36 Å². The molecule has 10 nitrogen and oxygen atoms in total. The van der Waals surface area contributed by atoms with E-state index in [0.717, 1.165) is 17.1 Å². The van der Waals surface area contributed by atoms with Crippen LogP contribution in [-0.4, -0.2) is 68.3 Å². The molecule has 0 unspecified atom stereocenters. The van der Waals surface area contributed by atoms with Crippen LogP contribution in [0.2, 0.25) is 0 Å². The maximum atomic E-state index is 14.9. The molecule has 1 aliphatic rings. The summed E-state index contributed by atoms with van der Waals surface area (Å²) >= 11 is 0. The second-order valence-electron chi connectivity index (χ2n) is 9.92. The van der Waals surface area contributed by atoms with Gasteiger partial charge in [0, 0.05) is 43.6 Å². The second-order valence-corrected chi connectivity index (χ2v) is 9.92. The van der Waals surface area contributed by atoms with Crippen molar-refractivity contribution in [2.24, 2.45) is 0 Å². The maximum Gasteiger partial charge on any atom is 0.326 e. The molecule has 5 aromatic rings. The Morgan fingerprint density at radius 1 is 1.05 bits per heavy atom. The summed E-state index contributed by atoms with van der Waals surface area (Å²) in [5, 5.41) is 0.373. The molecule has 0 spiro atoms. The number of halogens is 2. The Bertz CT molecular complexity index is 1790. The molecule has 41 heavy (non-hydrogen) atoms. The molecule has 0 aliphatic carbocycles. The number of nitrogens with one attached hydrogen (secondary N) is 1. The molecule has 2 aromatic carbocycles. The van der Waals surface area contributed by atoms with Crippen molar-refractivity contribution in [3.8, 4) is 17.0 Å². The van der Waals surface area contributed by atoms with E-state index in [0.29, 0.717) is 49.1 Å². The van der Waals surface area contributed by atoms with Crippen LogP contribution in [0.25, 0.3) is 33.2 Å². The molecule has 1 saturated heterocycles. The number of carbonyl (C=O) groups excluding carboxylic acids is 1. The van der Waals surface area contributed by atoms with Gasteiger partial charge in [-0.2, -0.15) is 0 Å². The Morgan fingerprint density at radius 3 is 2.66 bits per heavy atom. The molecular formula is C29H28F2N6O4. The molecule has 6 rings (SSSR count). The van der Waals surface area contributed by atoms with Gasteiger partial charge < -0.3 is 23.9 Å². The summed E-state index contributed by atoms with van der Waals surface area (Å²) in [6, 6.07) is 11.4. The van der Waals surface area contributed by atoms with Gasteiger partial charge in [-0.1, -0.05) is 24.3 Å². The van der Waals surface area contributed by atoms with Crippen LogP contribution in [-0.2, 0) is 16.1 Å². The van der Waals surface area contributed by atoms with E-state index in [2.05, 4.69) is 15.0 Å². The number of benzene rings is 2. The zero-order valence-electron chi connectivity index (χ0n) is 22.3. The monoisotopic (exact) mass is 562 g/mol. The minimum absolute atomic E-state index is 0.0116. The normalized spacial score (nSPS) is 14.3. The number of para-hydroxylation sites is 2. The molecule has 3 aromatic heterocycles. The van der Waals surface area contributed by atoms with Crippen molar-refractivity contribution in [3.05, 3.63) is 77.1 Å². The van der Waals surface area contributed by atoms with Gasteiger partial charge >= 0.3 is 5.69 Å². The number of piperidine rings is 1. The van der Waals surface area contributed by atoms with Crippen molar-refractivity contribution in [1.29, 1.82) is 0 Å². The molecule has 0 bridgehead atoms. The van der Waals surface area contributed by atoms with Gasteiger partial charge in [0.1, 0.15) is 25.1 Å². The van der Waals surface area contributed by atoms with E-state index in [9.17, 15) is 18.4 Å². The van der Waals surface area contributed by atoms with Crippen LogP contribution in [0.5, 0.6) is 5.88 Å². The number of ether oxygens (including phenoxy) is 2. The number of aromatic amines is 1. The molecule has 1 N–H and O–H groups in total. The van der Waals surface area contributed by atoms with Gasteiger partial charge in [-0.15, -0.1) is 0 Å². The highest BCUT2D eigenvalue weighted by molar-refractivity contribution is 5.98. The number of aromatic nitrogens is 5. The Morgan fingerprint density at radius 2 is 1.85 bits per heavy atom. The molecule has 12 heteroatoms. The molecule has 1 aliphatic heterocycles. The number of hydrogen-bond donors (Lipinski definition) is 1. The van der Waals surface area contributed by atoms with E-state index in [1.165, 1.54) is 25.6 Å². The SMILES string of the molecule is COCCOc1ncnc2c1c(-c1cccc(F)c1F)cn2CC(=O)N1CCC(n2c(=O)[nH]c3ccccc32)CC1. The lowest BCUT2D eigenvalue weighted by atomic mass is 10.0. The van der Waals surface area contributed by atoms with Gasteiger partial charge in [0.15, 0.2) is 11.6 Å². The number of hydrogen-bond acceptors (Lipinski definition) is 6. The summed E-state index contributed by atoms with van der Waals surface area (Å²) in [6.45, 7) is 1.36. The Hall–Kier alpha value is -4.58. The van der Waals surface area contributed by atoms with Crippen LogP contribution in [0.15, 0.2) is 59.8 Å². The number of nitrogens with zero attached hydrogens (tertiary/aromatic N) is 5. The number of rotatable bonds is 8. The third-order valence-electron chi connectivity index (χ3n) is 7.50. The van der Waals surface area contributed by atoms with Crippen molar-refractivity contribution < 1.29 is 23.0 Å². The molecule has 1 fully saturated rings. The first-order valence-corrected chi connectivity index (χ1v) is 13.3. The fourth-order valence-corrected chi connectivity index (χ4v) is 5.52. The average molecular weight is 563 g/mol. The summed E-state index contributed by atoms with van der Waals surface area (Å²) in [7, 11) is 1.54. The minimum Gasteiger partial charge on any atom is -0.475 e. The summed E-state index contributed by atoms with van der Waals surface area (Å²) in [5.41, 5.74) is 2.16. The molecule has 212 valence electrons. The zero-order chi connectivity index (χ0) is 28.5. The number of H-pyrrole nitrogens is 1. The highest BCUT2D eigenvalue weighted by atomic mass is 19.2. The van der Waals surface area contributed by atoms with Crippen molar-refractivity contribution in [2.75, 3.05) is 33.4 Å². The van der Waals surface area contributed by atoms with E-state index in [1.54, 1.807) is 20.2 Å². The molecular weight excluding hydrogens is 534 g/mol. The lowest BCUT2D eigenvalue weighted by molar-refractivity contribution is -0.133. The van der Waals surface area contributed by atoms with Crippen LogP contribution < -0.4 is 10.4 Å². The first-order chi connectivity index (χ1) is 20.0. The Labute approximate surface area is 233 Å². The molecule has 0 radical (unpaired) electrons. The van der Waals surface area contributed by atoms with E-state index >= 15 is 0 Å². The minimum atomic E-state index is -1.01. The average Bonchev–Trinajstić information content (AvgIpc) is 3.52. The van der Waals surface area contributed by atoms with Crippen molar-refractivity contribution in [2.45, 2.75) is 25.4 Å². The van der Waals surface area contributed by atoms with Crippen molar-refractivity contribution >= 4 is 28.0 Å². The zero-order valence-corrected chi connectivity index (χ0v) is 22.3. The number of methoxy groups -OCH3 is 1.